The van der Waals surface area contributed by atoms with Crippen LogP contribution in [-0.2, 0) is 16.1 Å². The Balaban J connectivity index is 1.88. The third kappa shape index (κ3) is 4.66. The first kappa shape index (κ1) is 20.6. The van der Waals surface area contributed by atoms with E-state index in [1.54, 1.807) is 50.0 Å². The van der Waals surface area contributed by atoms with Crippen LogP contribution in [-0.4, -0.2) is 40.7 Å². The minimum Gasteiger partial charge on any atom is -0.444 e. The second-order valence-corrected chi connectivity index (χ2v) is 7.18. The predicted octanol–water partition coefficient (Wildman–Crippen LogP) is 3.88. The van der Waals surface area contributed by atoms with Gasteiger partial charge < -0.3 is 9.64 Å². The van der Waals surface area contributed by atoms with Gasteiger partial charge in [0.1, 0.15) is 10.7 Å². The van der Waals surface area contributed by atoms with Crippen molar-refractivity contribution in [2.75, 3.05) is 14.1 Å². The molecule has 0 saturated carbocycles. The summed E-state index contributed by atoms with van der Waals surface area (Å²) in [5.41, 5.74) is 2.20. The lowest BCUT2D eigenvalue weighted by Crippen LogP contribution is -2.31. The van der Waals surface area contributed by atoms with Gasteiger partial charge in [-0.1, -0.05) is 72.3 Å². The molecule has 0 aliphatic heterocycles. The van der Waals surface area contributed by atoms with Gasteiger partial charge in [0.25, 0.3) is 5.91 Å². The van der Waals surface area contributed by atoms with E-state index in [0.29, 0.717) is 17.8 Å². The highest BCUT2D eigenvalue weighted by Crippen LogP contribution is 2.26. The molecule has 29 heavy (non-hydrogen) atoms. The molecule has 0 aliphatic carbocycles. The van der Waals surface area contributed by atoms with Crippen LogP contribution >= 0.6 is 11.6 Å². The van der Waals surface area contributed by atoms with Gasteiger partial charge in [-0.05, 0) is 12.5 Å². The first-order valence-corrected chi connectivity index (χ1v) is 9.50. The standard InChI is InChI=1S/C22H22ClN3O3/c1-15-18(20(23)26(24-15)14-16-10-6-4-7-11-16)22(28)29-19(21(27)25(2)3)17-12-8-5-9-13-17/h4-13,19H,14H2,1-3H3/t19-/m1/s1. The number of carbonyl (C=O) groups is 2. The molecule has 0 radical (unpaired) electrons. The van der Waals surface area contributed by atoms with Gasteiger partial charge in [0, 0.05) is 19.7 Å². The van der Waals surface area contributed by atoms with Crippen LogP contribution in [0.3, 0.4) is 0 Å². The molecule has 0 N–H and O–H groups in total. The number of likely N-dealkylation sites (N-methyl/N-ethyl adjacent to an activating group) is 1. The maximum Gasteiger partial charge on any atom is 0.344 e. The van der Waals surface area contributed by atoms with E-state index in [4.69, 9.17) is 16.3 Å². The van der Waals surface area contributed by atoms with E-state index >= 15 is 0 Å². The van der Waals surface area contributed by atoms with Crippen molar-refractivity contribution in [2.24, 2.45) is 0 Å². The van der Waals surface area contributed by atoms with Gasteiger partial charge in [0.2, 0.25) is 6.10 Å². The minimum atomic E-state index is -1.06. The van der Waals surface area contributed by atoms with Crippen molar-refractivity contribution in [1.29, 1.82) is 0 Å². The number of carbonyl (C=O) groups excluding carboxylic acids is 2. The fraction of sp³-hybridized carbons (Fsp3) is 0.227. The monoisotopic (exact) mass is 411 g/mol. The number of rotatable bonds is 6. The number of amides is 1. The van der Waals surface area contributed by atoms with Crippen LogP contribution in [0.4, 0.5) is 0 Å². The van der Waals surface area contributed by atoms with E-state index in [0.717, 1.165) is 5.56 Å². The Bertz CT molecular complexity index is 1000. The fourth-order valence-corrected chi connectivity index (χ4v) is 3.25. The van der Waals surface area contributed by atoms with E-state index in [1.165, 1.54) is 4.90 Å². The quantitative estimate of drug-likeness (QED) is 0.577. The molecular formula is C22H22ClN3O3. The van der Waals surface area contributed by atoms with Crippen molar-refractivity contribution in [2.45, 2.75) is 19.6 Å². The molecule has 6 nitrogen and oxygen atoms in total. The number of aryl methyl sites for hydroxylation is 1. The molecule has 0 unspecified atom stereocenters. The molecule has 2 aromatic carbocycles. The molecule has 0 aliphatic rings. The lowest BCUT2D eigenvalue weighted by Gasteiger charge is -2.21. The zero-order valence-electron chi connectivity index (χ0n) is 16.5. The van der Waals surface area contributed by atoms with Gasteiger partial charge in [-0.3, -0.25) is 4.79 Å². The number of ether oxygens (including phenoxy) is 1. The first-order chi connectivity index (χ1) is 13.9. The molecule has 3 rings (SSSR count). The summed E-state index contributed by atoms with van der Waals surface area (Å²) in [5.74, 6) is -1.02. The van der Waals surface area contributed by atoms with Crippen LogP contribution in [0.5, 0.6) is 0 Å². The highest BCUT2D eigenvalue weighted by molar-refractivity contribution is 6.32. The number of nitrogens with zero attached hydrogens (tertiary/aromatic N) is 3. The van der Waals surface area contributed by atoms with E-state index in [9.17, 15) is 9.59 Å². The molecule has 0 spiro atoms. The molecule has 1 heterocycles. The molecule has 0 fully saturated rings. The molecule has 1 atom stereocenters. The summed E-state index contributed by atoms with van der Waals surface area (Å²) in [6, 6.07) is 18.6. The van der Waals surface area contributed by atoms with Crippen molar-refractivity contribution < 1.29 is 14.3 Å². The van der Waals surface area contributed by atoms with E-state index in [2.05, 4.69) is 5.10 Å². The van der Waals surface area contributed by atoms with Crippen LogP contribution in [0.2, 0.25) is 5.15 Å². The van der Waals surface area contributed by atoms with Crippen LogP contribution in [0.15, 0.2) is 60.7 Å². The van der Waals surface area contributed by atoms with Gasteiger partial charge >= 0.3 is 5.97 Å². The zero-order chi connectivity index (χ0) is 21.0. The fourth-order valence-electron chi connectivity index (χ4n) is 2.94. The summed E-state index contributed by atoms with van der Waals surface area (Å²) in [7, 11) is 3.23. The topological polar surface area (TPSA) is 64.4 Å². The Kier molecular flexibility index (Phi) is 6.34. The van der Waals surface area contributed by atoms with Crippen molar-refractivity contribution in [3.8, 4) is 0 Å². The lowest BCUT2D eigenvalue weighted by atomic mass is 10.1. The number of aromatic nitrogens is 2. The number of hydrogen-bond donors (Lipinski definition) is 0. The minimum absolute atomic E-state index is 0.162. The van der Waals surface area contributed by atoms with Gasteiger partial charge in [0.05, 0.1) is 12.2 Å². The summed E-state index contributed by atoms with van der Waals surface area (Å²) >= 11 is 6.45. The number of esters is 1. The summed E-state index contributed by atoms with van der Waals surface area (Å²) in [5, 5.41) is 4.56. The average molecular weight is 412 g/mol. The Labute approximate surface area is 174 Å². The Morgan fingerprint density at radius 1 is 1.07 bits per heavy atom. The largest absolute Gasteiger partial charge is 0.444 e. The number of halogens is 1. The molecule has 150 valence electrons. The zero-order valence-corrected chi connectivity index (χ0v) is 17.3. The summed E-state index contributed by atoms with van der Waals surface area (Å²) in [4.78, 5) is 26.9. The van der Waals surface area contributed by atoms with Gasteiger partial charge in [-0.25, -0.2) is 9.48 Å². The van der Waals surface area contributed by atoms with Crippen molar-refractivity contribution >= 4 is 23.5 Å². The van der Waals surface area contributed by atoms with E-state index in [1.807, 2.05) is 36.4 Å². The first-order valence-electron chi connectivity index (χ1n) is 9.12. The lowest BCUT2D eigenvalue weighted by molar-refractivity contribution is -0.138. The molecule has 1 aromatic heterocycles. The van der Waals surface area contributed by atoms with Crippen LogP contribution < -0.4 is 0 Å². The maximum atomic E-state index is 12.9. The Morgan fingerprint density at radius 3 is 2.24 bits per heavy atom. The predicted molar refractivity (Wildman–Crippen MR) is 111 cm³/mol. The smallest absolute Gasteiger partial charge is 0.344 e. The summed E-state index contributed by atoms with van der Waals surface area (Å²) in [6.07, 6.45) is -1.06. The summed E-state index contributed by atoms with van der Waals surface area (Å²) in [6.45, 7) is 2.11. The van der Waals surface area contributed by atoms with Crippen molar-refractivity contribution in [1.82, 2.24) is 14.7 Å². The molecule has 0 bridgehead atoms. The maximum absolute atomic E-state index is 12.9. The second kappa shape index (κ2) is 8.92. The number of hydrogen-bond acceptors (Lipinski definition) is 4. The van der Waals surface area contributed by atoms with Crippen molar-refractivity contribution in [3.05, 3.63) is 88.2 Å². The van der Waals surface area contributed by atoms with E-state index in [-0.39, 0.29) is 16.6 Å². The Hall–Kier alpha value is -3.12. The molecular weight excluding hydrogens is 390 g/mol. The number of benzene rings is 2. The van der Waals surface area contributed by atoms with Gasteiger partial charge in [-0.2, -0.15) is 5.10 Å². The van der Waals surface area contributed by atoms with Gasteiger partial charge in [0.15, 0.2) is 0 Å². The van der Waals surface area contributed by atoms with Crippen LogP contribution in [0.1, 0.15) is 33.3 Å². The third-order valence-electron chi connectivity index (χ3n) is 4.44. The molecule has 7 heteroatoms. The molecule has 3 aromatic rings. The SMILES string of the molecule is Cc1nn(Cc2ccccc2)c(Cl)c1C(=O)O[C@@H](C(=O)N(C)C)c1ccccc1. The summed E-state index contributed by atoms with van der Waals surface area (Å²) < 4.78 is 7.15. The van der Waals surface area contributed by atoms with Gasteiger partial charge in [-0.15, -0.1) is 0 Å². The second-order valence-electron chi connectivity index (χ2n) is 6.82. The highest BCUT2D eigenvalue weighted by Gasteiger charge is 2.30. The normalized spacial score (nSPS) is 11.7. The average Bonchev–Trinajstić information content (AvgIpc) is 3.00. The Morgan fingerprint density at radius 2 is 1.66 bits per heavy atom. The van der Waals surface area contributed by atoms with E-state index < -0.39 is 12.1 Å². The van der Waals surface area contributed by atoms with Crippen molar-refractivity contribution in [3.63, 3.8) is 0 Å². The van der Waals surface area contributed by atoms with Crippen LogP contribution in [0.25, 0.3) is 0 Å². The third-order valence-corrected chi connectivity index (χ3v) is 4.82. The molecule has 1 amide bonds. The van der Waals surface area contributed by atoms with Crippen LogP contribution in [0, 0.1) is 6.92 Å². The highest BCUT2D eigenvalue weighted by atomic mass is 35.5. The molecule has 0 saturated heterocycles.